The first kappa shape index (κ1) is 15.8. The average Bonchev–Trinajstić information content (AvgIpc) is 2.49. The Kier molecular flexibility index (Phi) is 5.62. The third-order valence-corrected chi connectivity index (χ3v) is 3.82. The molecule has 4 nitrogen and oxygen atoms in total. The minimum atomic E-state index is 0.200. The first-order chi connectivity index (χ1) is 10.1. The van der Waals surface area contributed by atoms with E-state index in [0.29, 0.717) is 12.5 Å². The summed E-state index contributed by atoms with van der Waals surface area (Å²) in [6, 6.07) is 6.50. The third kappa shape index (κ3) is 3.97. The van der Waals surface area contributed by atoms with Gasteiger partial charge in [0.15, 0.2) is 0 Å². The molecule has 0 bridgehead atoms. The van der Waals surface area contributed by atoms with Crippen molar-refractivity contribution in [3.63, 3.8) is 0 Å². The van der Waals surface area contributed by atoms with Crippen molar-refractivity contribution in [3.8, 4) is 5.75 Å². The van der Waals surface area contributed by atoms with Crippen LogP contribution in [-0.4, -0.2) is 32.1 Å². The fourth-order valence-corrected chi connectivity index (χ4v) is 2.79. The fourth-order valence-electron chi connectivity index (χ4n) is 2.79. The zero-order valence-corrected chi connectivity index (χ0v) is 13.3. The van der Waals surface area contributed by atoms with Crippen LogP contribution in [0.15, 0.2) is 18.2 Å². The lowest BCUT2D eigenvalue weighted by Crippen LogP contribution is -2.36. The second kappa shape index (κ2) is 7.46. The van der Waals surface area contributed by atoms with Gasteiger partial charge in [0.2, 0.25) is 5.91 Å². The van der Waals surface area contributed by atoms with Gasteiger partial charge >= 0.3 is 0 Å². The highest BCUT2D eigenvalue weighted by Gasteiger charge is 2.25. The molecule has 0 fully saturated rings. The number of fused-ring (bicyclic) bond motifs is 1. The van der Waals surface area contributed by atoms with Gasteiger partial charge in [-0.25, -0.2) is 0 Å². The number of hydrogen-bond donors (Lipinski definition) is 1. The van der Waals surface area contributed by atoms with Crippen molar-refractivity contribution in [2.75, 3.05) is 25.1 Å². The molecule has 0 atom stereocenters. The van der Waals surface area contributed by atoms with Crippen LogP contribution in [0.5, 0.6) is 5.75 Å². The van der Waals surface area contributed by atoms with E-state index in [4.69, 9.17) is 4.74 Å². The maximum absolute atomic E-state index is 12.5. The minimum absolute atomic E-state index is 0.200. The van der Waals surface area contributed by atoms with Gasteiger partial charge in [-0.3, -0.25) is 4.79 Å². The number of nitrogens with zero attached hydrogens (tertiary/aromatic N) is 1. The Labute approximate surface area is 127 Å². The lowest BCUT2D eigenvalue weighted by Gasteiger charge is -2.31. The van der Waals surface area contributed by atoms with E-state index in [0.717, 1.165) is 43.8 Å². The Hall–Kier alpha value is -1.55. The molecule has 1 amide bonds. The normalized spacial score (nSPS) is 14.2. The lowest BCUT2D eigenvalue weighted by molar-refractivity contribution is -0.118. The molecule has 1 aromatic rings. The number of aryl methyl sites for hydroxylation is 1. The summed E-state index contributed by atoms with van der Waals surface area (Å²) in [5, 5.41) is 3.35. The Morgan fingerprint density at radius 3 is 2.95 bits per heavy atom. The summed E-state index contributed by atoms with van der Waals surface area (Å²) in [5.41, 5.74) is 2.20. The van der Waals surface area contributed by atoms with Crippen molar-refractivity contribution in [2.24, 2.45) is 0 Å². The predicted molar refractivity (Wildman–Crippen MR) is 86.0 cm³/mol. The van der Waals surface area contributed by atoms with Gasteiger partial charge in [0.25, 0.3) is 0 Å². The van der Waals surface area contributed by atoms with E-state index in [1.807, 2.05) is 17.0 Å². The van der Waals surface area contributed by atoms with Crippen LogP contribution in [0.2, 0.25) is 0 Å². The van der Waals surface area contributed by atoms with E-state index in [2.05, 4.69) is 25.2 Å². The first-order valence-electron chi connectivity index (χ1n) is 7.83. The number of methoxy groups -OCH3 is 1. The van der Waals surface area contributed by atoms with Gasteiger partial charge in [-0.2, -0.15) is 0 Å². The highest BCUT2D eigenvalue weighted by Crippen LogP contribution is 2.36. The van der Waals surface area contributed by atoms with E-state index in [1.165, 1.54) is 5.56 Å². The highest BCUT2D eigenvalue weighted by molar-refractivity contribution is 5.96. The fraction of sp³-hybridized carbons (Fsp3) is 0.588. The quantitative estimate of drug-likeness (QED) is 0.819. The summed E-state index contributed by atoms with van der Waals surface area (Å²) in [5.74, 6) is 1.01. The molecule has 0 saturated heterocycles. The molecule has 116 valence electrons. The molecule has 0 aliphatic carbocycles. The average molecular weight is 290 g/mol. The zero-order chi connectivity index (χ0) is 15.2. The van der Waals surface area contributed by atoms with Crippen LogP contribution in [-0.2, 0) is 11.2 Å². The molecule has 1 N–H and O–H groups in total. The maximum Gasteiger partial charge on any atom is 0.227 e. The molecule has 0 radical (unpaired) electrons. The number of para-hydroxylation sites is 1. The van der Waals surface area contributed by atoms with Gasteiger partial charge in [0, 0.05) is 19.0 Å². The SMILES string of the molecule is COc1cccc2c1N(C(=O)CCCNC(C)C)CCC2. The van der Waals surface area contributed by atoms with Crippen LogP contribution in [0.25, 0.3) is 0 Å². The molecule has 1 heterocycles. The summed E-state index contributed by atoms with van der Waals surface area (Å²) < 4.78 is 5.44. The van der Waals surface area contributed by atoms with Crippen molar-refractivity contribution in [3.05, 3.63) is 23.8 Å². The van der Waals surface area contributed by atoms with Gasteiger partial charge in [-0.1, -0.05) is 26.0 Å². The monoisotopic (exact) mass is 290 g/mol. The number of hydrogen-bond acceptors (Lipinski definition) is 3. The van der Waals surface area contributed by atoms with E-state index >= 15 is 0 Å². The Morgan fingerprint density at radius 1 is 1.43 bits per heavy atom. The third-order valence-electron chi connectivity index (χ3n) is 3.82. The molecule has 4 heteroatoms. The topological polar surface area (TPSA) is 41.6 Å². The van der Waals surface area contributed by atoms with Gasteiger partial charge in [0.05, 0.1) is 12.8 Å². The second-order valence-electron chi connectivity index (χ2n) is 5.83. The van der Waals surface area contributed by atoms with Crippen LogP contribution in [0, 0.1) is 0 Å². The summed E-state index contributed by atoms with van der Waals surface area (Å²) in [7, 11) is 1.67. The molecule has 0 unspecified atom stereocenters. The zero-order valence-electron chi connectivity index (χ0n) is 13.3. The van der Waals surface area contributed by atoms with E-state index in [-0.39, 0.29) is 5.91 Å². The van der Waals surface area contributed by atoms with E-state index in [9.17, 15) is 4.79 Å². The number of ether oxygens (including phenoxy) is 1. The first-order valence-corrected chi connectivity index (χ1v) is 7.83. The standard InChI is InChI=1S/C17H26N2O2/c1-13(2)18-11-5-10-16(20)19-12-6-8-14-7-4-9-15(21-3)17(14)19/h4,7,9,13,18H,5-6,8,10-12H2,1-3H3. The number of carbonyl (C=O) groups excluding carboxylic acids is 1. The van der Waals surface area contributed by atoms with Crippen LogP contribution in [0.3, 0.4) is 0 Å². The van der Waals surface area contributed by atoms with E-state index in [1.54, 1.807) is 7.11 Å². The molecular formula is C17H26N2O2. The van der Waals surface area contributed by atoms with Crippen LogP contribution >= 0.6 is 0 Å². The van der Waals surface area contributed by atoms with Crippen molar-refractivity contribution < 1.29 is 9.53 Å². The smallest absolute Gasteiger partial charge is 0.227 e. The van der Waals surface area contributed by atoms with Crippen LogP contribution in [0.4, 0.5) is 5.69 Å². The second-order valence-corrected chi connectivity index (χ2v) is 5.83. The van der Waals surface area contributed by atoms with Gasteiger partial charge < -0.3 is 15.0 Å². The molecule has 2 rings (SSSR count). The number of nitrogens with one attached hydrogen (secondary N) is 1. The molecule has 1 aliphatic heterocycles. The predicted octanol–water partition coefficient (Wildman–Crippen LogP) is 2.75. The van der Waals surface area contributed by atoms with Crippen molar-refractivity contribution >= 4 is 11.6 Å². The Bertz CT molecular complexity index is 471. The highest BCUT2D eigenvalue weighted by atomic mass is 16.5. The molecule has 0 spiro atoms. The Morgan fingerprint density at radius 2 is 2.24 bits per heavy atom. The molecule has 1 aromatic carbocycles. The summed E-state index contributed by atoms with van der Waals surface area (Å²) >= 11 is 0. The largest absolute Gasteiger partial charge is 0.495 e. The molecular weight excluding hydrogens is 264 g/mol. The van der Waals surface area contributed by atoms with Crippen LogP contribution in [0.1, 0.15) is 38.7 Å². The summed E-state index contributed by atoms with van der Waals surface area (Å²) in [4.78, 5) is 14.4. The van der Waals surface area contributed by atoms with Gasteiger partial charge in [-0.05, 0) is 37.4 Å². The molecule has 0 saturated carbocycles. The van der Waals surface area contributed by atoms with Gasteiger partial charge in [-0.15, -0.1) is 0 Å². The van der Waals surface area contributed by atoms with Crippen molar-refractivity contribution in [2.45, 2.75) is 45.6 Å². The number of anilines is 1. The minimum Gasteiger partial charge on any atom is -0.495 e. The number of amides is 1. The number of rotatable bonds is 6. The Balaban J connectivity index is 2.03. The molecule has 1 aliphatic rings. The van der Waals surface area contributed by atoms with Crippen molar-refractivity contribution in [1.82, 2.24) is 5.32 Å². The van der Waals surface area contributed by atoms with E-state index < -0.39 is 0 Å². The van der Waals surface area contributed by atoms with Crippen molar-refractivity contribution in [1.29, 1.82) is 0 Å². The summed E-state index contributed by atoms with van der Waals surface area (Å²) in [6.07, 6.45) is 3.50. The maximum atomic E-state index is 12.5. The van der Waals surface area contributed by atoms with Crippen LogP contribution < -0.4 is 15.0 Å². The molecule has 21 heavy (non-hydrogen) atoms. The number of benzene rings is 1. The molecule has 0 aromatic heterocycles. The summed E-state index contributed by atoms with van der Waals surface area (Å²) in [6.45, 7) is 5.92. The number of carbonyl (C=O) groups is 1. The lowest BCUT2D eigenvalue weighted by atomic mass is 10.0. The van der Waals surface area contributed by atoms with Gasteiger partial charge in [0.1, 0.15) is 5.75 Å².